The van der Waals surface area contributed by atoms with Crippen molar-refractivity contribution in [3.8, 4) is 0 Å². The molecule has 0 spiro atoms. The first-order valence-electron chi connectivity index (χ1n) is 8.84. The molecule has 4 atom stereocenters. The van der Waals surface area contributed by atoms with Crippen molar-refractivity contribution >= 4 is 5.78 Å². The van der Waals surface area contributed by atoms with Crippen LogP contribution in [0.2, 0.25) is 0 Å². The van der Waals surface area contributed by atoms with Gasteiger partial charge in [-0.25, -0.2) is 14.6 Å². The van der Waals surface area contributed by atoms with Gasteiger partial charge in [0, 0.05) is 12.3 Å². The number of rotatable bonds is 8. The summed E-state index contributed by atoms with van der Waals surface area (Å²) in [5.74, 6) is -3.39. The standard InChI is InChI=1S/C17H26N2O9/c1-9(2)25-17(24)14(28-27-10(3)4)12(8-20)26-16(17,11(5)21)19-7-6-13(22)18-15(19)23/h6-7,9-10,12,14,20,24H,8H2,1-5H3,(H,18,22,23)/t12-,14-,16-,17+/m1/s1. The fraction of sp³-hybridized carbons (Fsp3) is 0.706. The van der Waals surface area contributed by atoms with Gasteiger partial charge in [-0.2, -0.15) is 0 Å². The van der Waals surface area contributed by atoms with Crippen LogP contribution in [0.25, 0.3) is 0 Å². The molecule has 0 aromatic carbocycles. The molecule has 1 aliphatic rings. The number of H-pyrrole nitrogens is 1. The van der Waals surface area contributed by atoms with Crippen LogP contribution in [0.4, 0.5) is 0 Å². The lowest BCUT2D eigenvalue weighted by atomic mass is 9.93. The summed E-state index contributed by atoms with van der Waals surface area (Å²) in [5.41, 5.74) is -4.17. The number of carbonyl (C=O) groups is 1. The normalized spacial score (nSPS) is 30.3. The molecule has 2 rings (SSSR count). The highest BCUT2D eigenvalue weighted by Crippen LogP contribution is 2.46. The van der Waals surface area contributed by atoms with Crippen LogP contribution in [0.5, 0.6) is 0 Å². The molecule has 3 N–H and O–H groups in total. The van der Waals surface area contributed by atoms with Gasteiger partial charge in [-0.1, -0.05) is 0 Å². The molecule has 1 aromatic heterocycles. The molecule has 0 unspecified atom stereocenters. The Labute approximate surface area is 160 Å². The van der Waals surface area contributed by atoms with E-state index in [0.29, 0.717) is 4.57 Å². The summed E-state index contributed by atoms with van der Waals surface area (Å²) in [4.78, 5) is 49.0. The van der Waals surface area contributed by atoms with Crippen LogP contribution in [0, 0.1) is 0 Å². The summed E-state index contributed by atoms with van der Waals surface area (Å²) in [6.45, 7) is 6.90. The minimum Gasteiger partial charge on any atom is -0.394 e. The molecule has 158 valence electrons. The van der Waals surface area contributed by atoms with Gasteiger partial charge in [-0.15, -0.1) is 0 Å². The second kappa shape index (κ2) is 8.23. The lowest BCUT2D eigenvalue weighted by Gasteiger charge is -2.41. The number of aromatic amines is 1. The maximum Gasteiger partial charge on any atom is 0.331 e. The molecular weight excluding hydrogens is 376 g/mol. The Morgan fingerprint density at radius 2 is 1.96 bits per heavy atom. The van der Waals surface area contributed by atoms with Crippen molar-refractivity contribution < 1.29 is 34.3 Å². The van der Waals surface area contributed by atoms with Gasteiger partial charge >= 0.3 is 5.69 Å². The summed E-state index contributed by atoms with van der Waals surface area (Å²) in [5, 5.41) is 21.3. The molecule has 28 heavy (non-hydrogen) atoms. The van der Waals surface area contributed by atoms with Gasteiger partial charge in [0.15, 0.2) is 11.9 Å². The number of aliphatic hydroxyl groups excluding tert-OH is 1. The third-order valence-electron chi connectivity index (χ3n) is 4.12. The molecule has 1 fully saturated rings. The molecule has 1 saturated heterocycles. The van der Waals surface area contributed by atoms with Crippen molar-refractivity contribution in [2.75, 3.05) is 6.61 Å². The van der Waals surface area contributed by atoms with E-state index in [2.05, 4.69) is 0 Å². The van der Waals surface area contributed by atoms with Crippen molar-refractivity contribution in [1.82, 2.24) is 9.55 Å². The highest BCUT2D eigenvalue weighted by atomic mass is 17.2. The lowest BCUT2D eigenvalue weighted by Crippen LogP contribution is -2.66. The predicted molar refractivity (Wildman–Crippen MR) is 94.2 cm³/mol. The largest absolute Gasteiger partial charge is 0.394 e. The Hall–Kier alpha value is -1.89. The molecular formula is C17H26N2O9. The molecule has 11 nitrogen and oxygen atoms in total. The Bertz CT molecular complexity index is 817. The molecule has 11 heteroatoms. The Kier molecular flexibility index (Phi) is 6.58. The third-order valence-corrected chi connectivity index (χ3v) is 4.12. The van der Waals surface area contributed by atoms with E-state index in [1.165, 1.54) is 0 Å². The highest BCUT2D eigenvalue weighted by Gasteiger charge is 2.72. The first kappa shape index (κ1) is 22.4. The smallest absolute Gasteiger partial charge is 0.331 e. The maximum absolute atomic E-state index is 12.8. The van der Waals surface area contributed by atoms with E-state index in [1.807, 2.05) is 4.98 Å². The van der Waals surface area contributed by atoms with Crippen LogP contribution >= 0.6 is 0 Å². The van der Waals surface area contributed by atoms with Crippen molar-refractivity contribution in [3.05, 3.63) is 33.1 Å². The predicted octanol–water partition coefficient (Wildman–Crippen LogP) is -0.992. The minimum absolute atomic E-state index is 0.425. The van der Waals surface area contributed by atoms with E-state index in [1.54, 1.807) is 27.7 Å². The maximum atomic E-state index is 12.8. The Balaban J connectivity index is 2.75. The fourth-order valence-corrected chi connectivity index (χ4v) is 3.15. The average molecular weight is 402 g/mol. The number of nitrogens with zero attached hydrogens (tertiary/aromatic N) is 1. The molecule has 0 radical (unpaired) electrons. The summed E-state index contributed by atoms with van der Waals surface area (Å²) in [6, 6.07) is 0.984. The van der Waals surface area contributed by atoms with Crippen molar-refractivity contribution in [3.63, 3.8) is 0 Å². The third kappa shape index (κ3) is 3.69. The molecule has 2 heterocycles. The van der Waals surface area contributed by atoms with Gasteiger partial charge in [0.2, 0.25) is 0 Å². The summed E-state index contributed by atoms with van der Waals surface area (Å²) in [6.07, 6.45) is -2.86. The zero-order chi connectivity index (χ0) is 21.3. The Morgan fingerprint density at radius 1 is 1.32 bits per heavy atom. The van der Waals surface area contributed by atoms with Crippen LogP contribution in [0.1, 0.15) is 34.6 Å². The number of nitrogens with one attached hydrogen (secondary N) is 1. The number of hydrogen-bond donors (Lipinski definition) is 3. The van der Waals surface area contributed by atoms with Gasteiger partial charge in [-0.3, -0.25) is 19.1 Å². The van der Waals surface area contributed by atoms with Gasteiger partial charge in [0.1, 0.15) is 6.10 Å². The molecule has 0 amide bonds. The van der Waals surface area contributed by atoms with Crippen LogP contribution in [0.3, 0.4) is 0 Å². The molecule has 1 aromatic rings. The first-order valence-corrected chi connectivity index (χ1v) is 8.84. The number of ketones is 1. The fourth-order valence-electron chi connectivity index (χ4n) is 3.15. The monoisotopic (exact) mass is 402 g/mol. The van der Waals surface area contributed by atoms with E-state index < -0.39 is 59.6 Å². The Morgan fingerprint density at radius 3 is 2.43 bits per heavy atom. The number of aromatic nitrogens is 2. The van der Waals surface area contributed by atoms with E-state index in [9.17, 15) is 24.6 Å². The van der Waals surface area contributed by atoms with Crippen molar-refractivity contribution in [1.29, 1.82) is 0 Å². The van der Waals surface area contributed by atoms with E-state index in [-0.39, 0.29) is 0 Å². The molecule has 0 bridgehead atoms. The van der Waals surface area contributed by atoms with Crippen molar-refractivity contribution in [2.24, 2.45) is 0 Å². The van der Waals surface area contributed by atoms with Crippen molar-refractivity contribution in [2.45, 2.75) is 70.5 Å². The van der Waals surface area contributed by atoms with E-state index in [4.69, 9.17) is 19.2 Å². The van der Waals surface area contributed by atoms with Gasteiger partial charge in [0.05, 0.1) is 18.8 Å². The number of Topliss-reactive ketones (excluding diaryl/α,β-unsaturated/α-hetero) is 1. The molecule has 0 saturated carbocycles. The van der Waals surface area contributed by atoms with Crippen LogP contribution < -0.4 is 11.2 Å². The van der Waals surface area contributed by atoms with E-state index in [0.717, 1.165) is 19.2 Å². The van der Waals surface area contributed by atoms with E-state index >= 15 is 0 Å². The van der Waals surface area contributed by atoms with Gasteiger partial charge in [-0.05, 0) is 34.6 Å². The van der Waals surface area contributed by atoms with Crippen LogP contribution in [-0.2, 0) is 29.8 Å². The number of carbonyl (C=O) groups excluding carboxylic acids is 1. The van der Waals surface area contributed by atoms with Gasteiger partial charge < -0.3 is 19.7 Å². The second-order valence-electron chi connectivity index (χ2n) is 7.04. The zero-order valence-electron chi connectivity index (χ0n) is 16.4. The quantitative estimate of drug-likeness (QED) is 0.283. The highest BCUT2D eigenvalue weighted by molar-refractivity contribution is 5.84. The summed E-state index contributed by atoms with van der Waals surface area (Å²) < 4.78 is 12.0. The number of aliphatic hydroxyl groups is 2. The zero-order valence-corrected chi connectivity index (χ0v) is 16.4. The molecule has 1 aliphatic heterocycles. The number of hydrogen-bond acceptors (Lipinski definition) is 9. The topological polar surface area (TPSA) is 149 Å². The SMILES string of the molecule is CC(=O)[C@@]1(n2ccc(=O)[nH]c2=O)O[C@H](CO)[C@@H](OOC(C)C)[C@]1(O)OC(C)C. The average Bonchev–Trinajstić information content (AvgIpc) is 2.81. The summed E-state index contributed by atoms with van der Waals surface area (Å²) >= 11 is 0. The second-order valence-corrected chi connectivity index (χ2v) is 7.04. The lowest BCUT2D eigenvalue weighted by molar-refractivity contribution is -0.410. The number of ether oxygens (including phenoxy) is 2. The van der Waals surface area contributed by atoms with Crippen LogP contribution in [-0.4, -0.2) is 62.4 Å². The van der Waals surface area contributed by atoms with Gasteiger partial charge in [0.25, 0.3) is 17.1 Å². The molecule has 0 aliphatic carbocycles. The summed E-state index contributed by atoms with van der Waals surface area (Å²) in [7, 11) is 0. The minimum atomic E-state index is -2.57. The first-order chi connectivity index (χ1) is 13.0. The van der Waals surface area contributed by atoms with Crippen LogP contribution in [0.15, 0.2) is 21.9 Å².